The summed E-state index contributed by atoms with van der Waals surface area (Å²) in [6.07, 6.45) is 4.88. The minimum absolute atomic E-state index is 0.0477. The number of hydrogen-bond donors (Lipinski definition) is 3. The predicted molar refractivity (Wildman–Crippen MR) is 121 cm³/mol. The van der Waals surface area contributed by atoms with E-state index in [9.17, 15) is 9.90 Å². The lowest BCUT2D eigenvalue weighted by Crippen LogP contribution is -2.10. The Balaban J connectivity index is 1.74. The minimum atomic E-state index is -0.344. The van der Waals surface area contributed by atoms with Crippen molar-refractivity contribution in [2.24, 2.45) is 5.10 Å². The van der Waals surface area contributed by atoms with Crippen molar-refractivity contribution in [2.45, 2.75) is 26.2 Å². The Bertz CT molecular complexity index is 1080. The van der Waals surface area contributed by atoms with E-state index >= 15 is 0 Å². The quantitative estimate of drug-likeness (QED) is 0.257. The molecule has 2 aromatic carbocycles. The third-order valence-electron chi connectivity index (χ3n) is 4.56. The van der Waals surface area contributed by atoms with Gasteiger partial charge in [0.15, 0.2) is 11.5 Å². The van der Waals surface area contributed by atoms with E-state index in [0.717, 1.165) is 30.6 Å². The Morgan fingerprint density at radius 2 is 1.97 bits per heavy atom. The number of aromatic amines is 1. The summed E-state index contributed by atoms with van der Waals surface area (Å²) < 4.78 is 10.8. The maximum absolute atomic E-state index is 11.8. The van der Waals surface area contributed by atoms with E-state index < -0.39 is 0 Å². The molecule has 0 spiro atoms. The van der Waals surface area contributed by atoms with Crippen LogP contribution in [0, 0.1) is 0 Å². The molecule has 0 aliphatic rings. The van der Waals surface area contributed by atoms with Gasteiger partial charge in [0.25, 0.3) is 5.56 Å². The number of nitrogens with zero attached hydrogens (tertiary/aromatic N) is 2. The molecule has 1 heterocycles. The Morgan fingerprint density at radius 3 is 2.71 bits per heavy atom. The lowest BCUT2D eigenvalue weighted by atomic mass is 10.1. The van der Waals surface area contributed by atoms with Gasteiger partial charge in [0.05, 0.1) is 25.6 Å². The molecule has 3 N–H and O–H groups in total. The highest BCUT2D eigenvalue weighted by molar-refractivity contribution is 5.82. The zero-order chi connectivity index (χ0) is 22.1. The molecule has 3 rings (SSSR count). The molecular formula is C23H26N4O4. The number of aromatic hydroxyl groups is 1. The van der Waals surface area contributed by atoms with Gasteiger partial charge in [-0.2, -0.15) is 10.2 Å². The molecule has 0 aliphatic carbocycles. The number of phenolic OH excluding ortho intramolecular Hbond substituents is 1. The number of methoxy groups -OCH3 is 1. The third-order valence-corrected chi connectivity index (χ3v) is 4.56. The highest BCUT2D eigenvalue weighted by Crippen LogP contribution is 2.27. The molecule has 1 aromatic heterocycles. The molecule has 0 unspecified atom stereocenters. The first-order chi connectivity index (χ1) is 15.1. The Labute approximate surface area is 180 Å². The first-order valence-electron chi connectivity index (χ1n) is 10.1. The van der Waals surface area contributed by atoms with Crippen molar-refractivity contribution in [1.82, 2.24) is 10.2 Å². The van der Waals surface area contributed by atoms with E-state index in [0.29, 0.717) is 29.3 Å². The highest BCUT2D eigenvalue weighted by Gasteiger charge is 2.09. The zero-order valence-electron chi connectivity index (χ0n) is 17.6. The van der Waals surface area contributed by atoms with Gasteiger partial charge in [0.2, 0.25) is 0 Å². The zero-order valence-corrected chi connectivity index (χ0v) is 17.6. The number of unbranched alkanes of at least 4 members (excludes halogenated alkanes) is 2. The SMILES string of the molecule is CCCCCOc1ccc(-c2n[nH]c(=O)cc2N/N=C/c2ccc(O)c(OC)c2)cc1. The van der Waals surface area contributed by atoms with Crippen LogP contribution in [0.2, 0.25) is 0 Å². The van der Waals surface area contributed by atoms with Gasteiger partial charge in [0, 0.05) is 11.6 Å². The summed E-state index contributed by atoms with van der Waals surface area (Å²) in [5.74, 6) is 1.18. The second-order valence-corrected chi connectivity index (χ2v) is 6.88. The monoisotopic (exact) mass is 422 g/mol. The van der Waals surface area contributed by atoms with Crippen LogP contribution < -0.4 is 20.5 Å². The topological polar surface area (TPSA) is 109 Å². The van der Waals surface area contributed by atoms with Gasteiger partial charge in [-0.05, 0) is 54.4 Å². The Morgan fingerprint density at radius 1 is 1.16 bits per heavy atom. The number of H-pyrrole nitrogens is 1. The second kappa shape index (κ2) is 10.8. The van der Waals surface area contributed by atoms with Gasteiger partial charge in [-0.3, -0.25) is 10.2 Å². The van der Waals surface area contributed by atoms with Crippen LogP contribution in [0.1, 0.15) is 31.7 Å². The number of hydrogen-bond acceptors (Lipinski definition) is 7. The Kier molecular flexibility index (Phi) is 7.64. The van der Waals surface area contributed by atoms with Gasteiger partial charge < -0.3 is 14.6 Å². The van der Waals surface area contributed by atoms with E-state index in [2.05, 4.69) is 27.6 Å². The number of aromatic nitrogens is 2. The first kappa shape index (κ1) is 21.9. The van der Waals surface area contributed by atoms with Gasteiger partial charge in [-0.15, -0.1) is 0 Å². The fourth-order valence-electron chi connectivity index (χ4n) is 2.91. The molecule has 8 heteroatoms. The number of ether oxygens (including phenoxy) is 2. The van der Waals surface area contributed by atoms with Crippen LogP contribution in [0.15, 0.2) is 58.4 Å². The molecule has 0 fully saturated rings. The lowest BCUT2D eigenvalue weighted by molar-refractivity contribution is 0.306. The fraction of sp³-hybridized carbons (Fsp3) is 0.261. The van der Waals surface area contributed by atoms with Crippen molar-refractivity contribution >= 4 is 11.9 Å². The number of phenols is 1. The number of anilines is 1. The second-order valence-electron chi connectivity index (χ2n) is 6.88. The van der Waals surface area contributed by atoms with Crippen molar-refractivity contribution < 1.29 is 14.6 Å². The first-order valence-corrected chi connectivity index (χ1v) is 10.1. The van der Waals surface area contributed by atoms with Crippen molar-refractivity contribution in [2.75, 3.05) is 19.1 Å². The van der Waals surface area contributed by atoms with Crippen LogP contribution in [-0.2, 0) is 0 Å². The van der Waals surface area contributed by atoms with Crippen molar-refractivity contribution in [3.63, 3.8) is 0 Å². The van der Waals surface area contributed by atoms with Gasteiger partial charge in [-0.1, -0.05) is 19.8 Å². The Hall–Kier alpha value is -3.81. The van der Waals surface area contributed by atoms with Gasteiger partial charge in [0.1, 0.15) is 11.4 Å². The fourth-order valence-corrected chi connectivity index (χ4v) is 2.91. The summed E-state index contributed by atoms with van der Waals surface area (Å²) >= 11 is 0. The summed E-state index contributed by atoms with van der Waals surface area (Å²) in [7, 11) is 1.48. The van der Waals surface area contributed by atoms with Gasteiger partial charge >= 0.3 is 0 Å². The van der Waals surface area contributed by atoms with Crippen LogP contribution in [0.3, 0.4) is 0 Å². The molecule has 0 atom stereocenters. The third kappa shape index (κ3) is 6.08. The van der Waals surface area contributed by atoms with E-state index in [1.165, 1.54) is 19.2 Å². The molecule has 0 aliphatic heterocycles. The van der Waals surface area contributed by atoms with Gasteiger partial charge in [-0.25, -0.2) is 5.10 Å². The molecule has 0 radical (unpaired) electrons. The van der Waals surface area contributed by atoms with Crippen LogP contribution in [0.5, 0.6) is 17.2 Å². The molecule has 0 amide bonds. The standard InChI is InChI=1S/C23H26N4O4/c1-3-4-5-12-31-18-9-7-17(8-10-18)23-19(14-22(29)26-27-23)25-24-15-16-6-11-20(28)21(13-16)30-2/h6-11,13-15,28H,3-5,12H2,1-2H3,(H2,25,26,29)/b24-15+. The average molecular weight is 422 g/mol. The summed E-state index contributed by atoms with van der Waals surface area (Å²) in [5.41, 5.74) is 5.06. The summed E-state index contributed by atoms with van der Waals surface area (Å²) in [6, 6.07) is 13.8. The van der Waals surface area contributed by atoms with Crippen molar-refractivity contribution in [3.05, 3.63) is 64.4 Å². The van der Waals surface area contributed by atoms with E-state index in [1.54, 1.807) is 18.3 Å². The van der Waals surface area contributed by atoms with Crippen LogP contribution in [0.4, 0.5) is 5.69 Å². The number of benzene rings is 2. The number of rotatable bonds is 10. The molecule has 3 aromatic rings. The lowest BCUT2D eigenvalue weighted by Gasteiger charge is -2.09. The van der Waals surface area contributed by atoms with E-state index in [-0.39, 0.29) is 11.3 Å². The molecule has 0 saturated carbocycles. The molecule has 162 valence electrons. The smallest absolute Gasteiger partial charge is 0.266 e. The summed E-state index contributed by atoms with van der Waals surface area (Å²) in [4.78, 5) is 11.8. The number of hydrazone groups is 1. The van der Waals surface area contributed by atoms with E-state index in [1.807, 2.05) is 24.3 Å². The van der Waals surface area contributed by atoms with Crippen LogP contribution >= 0.6 is 0 Å². The van der Waals surface area contributed by atoms with Crippen molar-refractivity contribution in [1.29, 1.82) is 0 Å². The van der Waals surface area contributed by atoms with Crippen LogP contribution in [-0.4, -0.2) is 35.2 Å². The molecular weight excluding hydrogens is 396 g/mol. The van der Waals surface area contributed by atoms with Crippen molar-refractivity contribution in [3.8, 4) is 28.5 Å². The minimum Gasteiger partial charge on any atom is -0.504 e. The maximum Gasteiger partial charge on any atom is 0.266 e. The average Bonchev–Trinajstić information content (AvgIpc) is 2.78. The largest absolute Gasteiger partial charge is 0.504 e. The maximum atomic E-state index is 11.8. The predicted octanol–water partition coefficient (Wildman–Crippen LogP) is 4.17. The molecule has 0 bridgehead atoms. The normalized spacial score (nSPS) is 10.9. The molecule has 8 nitrogen and oxygen atoms in total. The summed E-state index contributed by atoms with van der Waals surface area (Å²) in [5, 5.41) is 20.5. The van der Waals surface area contributed by atoms with Crippen LogP contribution in [0.25, 0.3) is 11.3 Å². The molecule has 31 heavy (non-hydrogen) atoms. The number of nitrogens with one attached hydrogen (secondary N) is 2. The highest BCUT2D eigenvalue weighted by atomic mass is 16.5. The van der Waals surface area contributed by atoms with E-state index in [4.69, 9.17) is 9.47 Å². The molecule has 0 saturated heterocycles. The summed E-state index contributed by atoms with van der Waals surface area (Å²) in [6.45, 7) is 2.84.